The third kappa shape index (κ3) is 2.37. The van der Waals surface area contributed by atoms with Crippen molar-refractivity contribution in [3.05, 3.63) is 23.2 Å². The molecule has 1 aromatic rings. The smallest absolute Gasteiger partial charge is 0.329 e. The van der Waals surface area contributed by atoms with Crippen molar-refractivity contribution >= 4 is 11.9 Å². The largest absolute Gasteiger partial charge is 0.480 e. The summed E-state index contributed by atoms with van der Waals surface area (Å²) in [4.78, 5) is 23.4. The summed E-state index contributed by atoms with van der Waals surface area (Å²) in [7, 11) is 0. The van der Waals surface area contributed by atoms with Crippen LogP contribution in [0.4, 0.5) is 0 Å². The van der Waals surface area contributed by atoms with Gasteiger partial charge in [0.25, 0.3) is 5.91 Å². The van der Waals surface area contributed by atoms with Crippen LogP contribution >= 0.6 is 0 Å². The molecular weight excluding hydrogens is 246 g/mol. The number of carbonyl (C=O) groups is 2. The van der Waals surface area contributed by atoms with E-state index in [1.807, 2.05) is 13.8 Å². The number of hydrogen-bond acceptors (Lipinski definition) is 3. The molecule has 104 valence electrons. The average Bonchev–Trinajstić information content (AvgIpc) is 2.65. The lowest BCUT2D eigenvalue weighted by atomic mass is 9.76. The summed E-state index contributed by atoms with van der Waals surface area (Å²) < 4.78 is 5.52. The highest BCUT2D eigenvalue weighted by Crippen LogP contribution is 2.33. The normalized spacial score (nSPS) is 17.1. The highest BCUT2D eigenvalue weighted by Gasteiger charge is 2.46. The van der Waals surface area contributed by atoms with Gasteiger partial charge in [-0.1, -0.05) is 13.8 Å². The Labute approximate surface area is 112 Å². The Morgan fingerprint density at radius 2 is 2.05 bits per heavy atom. The van der Waals surface area contributed by atoms with Crippen molar-refractivity contribution in [1.82, 2.24) is 5.32 Å². The number of aliphatic carboxylic acids is 1. The number of rotatable bonds is 4. The number of amides is 1. The Hall–Kier alpha value is -1.78. The number of hydrogen-bond donors (Lipinski definition) is 2. The lowest BCUT2D eigenvalue weighted by Crippen LogP contribution is -2.59. The minimum atomic E-state index is -1.08. The first-order chi connectivity index (χ1) is 8.85. The van der Waals surface area contributed by atoms with E-state index < -0.39 is 11.5 Å². The van der Waals surface area contributed by atoms with E-state index in [1.54, 1.807) is 13.0 Å². The highest BCUT2D eigenvalue weighted by atomic mass is 16.4. The minimum Gasteiger partial charge on any atom is -0.480 e. The summed E-state index contributed by atoms with van der Waals surface area (Å²) in [6.45, 7) is 5.67. The molecule has 0 radical (unpaired) electrons. The van der Waals surface area contributed by atoms with E-state index in [9.17, 15) is 14.7 Å². The first kappa shape index (κ1) is 13.6. The number of carbonyl (C=O) groups excluding carboxylic acids is 1. The van der Waals surface area contributed by atoms with Gasteiger partial charge < -0.3 is 14.8 Å². The van der Waals surface area contributed by atoms with Crippen LogP contribution in [-0.4, -0.2) is 22.5 Å². The van der Waals surface area contributed by atoms with E-state index in [1.165, 1.54) is 0 Å². The van der Waals surface area contributed by atoms with Gasteiger partial charge in [0.15, 0.2) is 0 Å². The molecule has 0 atom stereocenters. The summed E-state index contributed by atoms with van der Waals surface area (Å²) in [5.41, 5.74) is -0.657. The molecule has 1 saturated carbocycles. The molecular formula is C14H19NO4. The summed E-state index contributed by atoms with van der Waals surface area (Å²) in [6, 6.07) is 1.70. The first-order valence-electron chi connectivity index (χ1n) is 6.52. The summed E-state index contributed by atoms with van der Waals surface area (Å²) >= 11 is 0. The predicted molar refractivity (Wildman–Crippen MR) is 69.2 cm³/mol. The summed E-state index contributed by atoms with van der Waals surface area (Å²) in [6.07, 6.45) is 1.80. The summed E-state index contributed by atoms with van der Waals surface area (Å²) in [5.74, 6) is 0.131. The molecule has 1 aliphatic carbocycles. The monoisotopic (exact) mass is 265 g/mol. The Morgan fingerprint density at radius 3 is 2.42 bits per heavy atom. The maximum Gasteiger partial charge on any atom is 0.329 e. The van der Waals surface area contributed by atoms with E-state index >= 15 is 0 Å². The zero-order chi connectivity index (χ0) is 14.2. The van der Waals surface area contributed by atoms with Crippen LogP contribution in [0.5, 0.6) is 0 Å². The number of nitrogens with one attached hydrogen (secondary N) is 1. The molecule has 2 N–H and O–H groups in total. The van der Waals surface area contributed by atoms with E-state index in [0.29, 0.717) is 24.2 Å². The average molecular weight is 265 g/mol. The van der Waals surface area contributed by atoms with E-state index in [4.69, 9.17) is 4.42 Å². The number of carboxylic acid groups (broad SMARTS) is 1. The third-order valence-corrected chi connectivity index (χ3v) is 3.72. The fraction of sp³-hybridized carbons (Fsp3) is 0.571. The van der Waals surface area contributed by atoms with Gasteiger partial charge in [-0.05, 0) is 32.3 Å². The Bertz CT molecular complexity index is 512. The maximum absolute atomic E-state index is 12.2. The molecule has 5 heteroatoms. The van der Waals surface area contributed by atoms with Gasteiger partial charge >= 0.3 is 5.97 Å². The predicted octanol–water partition coefficient (Wildman–Crippen LogP) is 2.45. The van der Waals surface area contributed by atoms with Crippen molar-refractivity contribution in [1.29, 1.82) is 0 Å². The van der Waals surface area contributed by atoms with E-state index in [-0.39, 0.29) is 11.8 Å². The van der Waals surface area contributed by atoms with Crippen molar-refractivity contribution in [2.24, 2.45) is 0 Å². The number of carboxylic acids is 1. The molecule has 1 heterocycles. The third-order valence-electron chi connectivity index (χ3n) is 3.72. The van der Waals surface area contributed by atoms with Crippen LogP contribution in [0, 0.1) is 6.92 Å². The van der Waals surface area contributed by atoms with Crippen LogP contribution in [0.3, 0.4) is 0 Å². The molecule has 1 fully saturated rings. The quantitative estimate of drug-likeness (QED) is 0.876. The maximum atomic E-state index is 12.2. The van der Waals surface area contributed by atoms with Crippen molar-refractivity contribution in [2.45, 2.75) is 51.5 Å². The second-order valence-electron chi connectivity index (χ2n) is 5.47. The van der Waals surface area contributed by atoms with Gasteiger partial charge in [-0.15, -0.1) is 0 Å². The van der Waals surface area contributed by atoms with Gasteiger partial charge in [-0.3, -0.25) is 4.79 Å². The molecule has 1 amide bonds. The molecule has 0 aromatic carbocycles. The first-order valence-corrected chi connectivity index (χ1v) is 6.52. The zero-order valence-electron chi connectivity index (χ0n) is 11.4. The molecule has 1 aromatic heterocycles. The lowest BCUT2D eigenvalue weighted by molar-refractivity contribution is -0.148. The van der Waals surface area contributed by atoms with Crippen LogP contribution in [-0.2, 0) is 4.79 Å². The number of furan rings is 1. The van der Waals surface area contributed by atoms with Crippen molar-refractivity contribution in [3.63, 3.8) is 0 Å². The highest BCUT2D eigenvalue weighted by molar-refractivity contribution is 5.99. The van der Waals surface area contributed by atoms with Gasteiger partial charge in [0, 0.05) is 5.92 Å². The van der Waals surface area contributed by atoms with E-state index in [2.05, 4.69) is 5.32 Å². The molecule has 0 saturated heterocycles. The van der Waals surface area contributed by atoms with Crippen LogP contribution in [0.2, 0.25) is 0 Å². The molecule has 0 aliphatic heterocycles. The van der Waals surface area contributed by atoms with Crippen molar-refractivity contribution in [2.75, 3.05) is 0 Å². The topological polar surface area (TPSA) is 79.5 Å². The fourth-order valence-electron chi connectivity index (χ4n) is 2.22. The molecule has 19 heavy (non-hydrogen) atoms. The second kappa shape index (κ2) is 4.72. The van der Waals surface area contributed by atoms with Gasteiger partial charge in [0.1, 0.15) is 17.1 Å². The Kier molecular flexibility index (Phi) is 3.39. The summed E-state index contributed by atoms with van der Waals surface area (Å²) in [5, 5.41) is 11.8. The lowest BCUT2D eigenvalue weighted by Gasteiger charge is -2.38. The van der Waals surface area contributed by atoms with Crippen LogP contribution in [0.15, 0.2) is 10.5 Å². The molecule has 0 spiro atoms. The second-order valence-corrected chi connectivity index (χ2v) is 5.47. The zero-order valence-corrected chi connectivity index (χ0v) is 11.4. The van der Waals surface area contributed by atoms with Crippen molar-refractivity contribution in [3.8, 4) is 0 Å². The standard InChI is InChI=1S/C14H19NO4/c1-8(2)11-7-10(9(3)19-11)12(16)15-14(13(17)18)5-4-6-14/h7-8H,4-6H2,1-3H3,(H,15,16)(H,17,18). The SMILES string of the molecule is Cc1oc(C(C)C)cc1C(=O)NC1(C(=O)O)CCC1. The van der Waals surface area contributed by atoms with Gasteiger partial charge in [-0.25, -0.2) is 4.79 Å². The minimum absolute atomic E-state index is 0.192. The van der Waals surface area contributed by atoms with Crippen LogP contribution in [0.25, 0.3) is 0 Å². The molecule has 0 bridgehead atoms. The Morgan fingerprint density at radius 1 is 1.42 bits per heavy atom. The molecule has 2 rings (SSSR count). The number of aryl methyl sites for hydroxylation is 1. The van der Waals surface area contributed by atoms with Crippen LogP contribution < -0.4 is 5.32 Å². The fourth-order valence-corrected chi connectivity index (χ4v) is 2.22. The molecule has 1 aliphatic rings. The van der Waals surface area contributed by atoms with E-state index in [0.717, 1.165) is 12.2 Å². The van der Waals surface area contributed by atoms with Gasteiger partial charge in [0.2, 0.25) is 0 Å². The van der Waals surface area contributed by atoms with Crippen molar-refractivity contribution < 1.29 is 19.1 Å². The van der Waals surface area contributed by atoms with Gasteiger partial charge in [0.05, 0.1) is 5.56 Å². The Balaban J connectivity index is 2.18. The molecule has 5 nitrogen and oxygen atoms in total. The van der Waals surface area contributed by atoms with Crippen LogP contribution in [0.1, 0.15) is 60.9 Å². The van der Waals surface area contributed by atoms with Gasteiger partial charge in [-0.2, -0.15) is 0 Å². The molecule has 0 unspecified atom stereocenters.